The lowest BCUT2D eigenvalue weighted by Gasteiger charge is -2.28. The van der Waals surface area contributed by atoms with Crippen molar-refractivity contribution in [2.45, 2.75) is 12.8 Å². The van der Waals surface area contributed by atoms with Crippen molar-refractivity contribution in [3.8, 4) is 0 Å². The van der Waals surface area contributed by atoms with Gasteiger partial charge in [-0.1, -0.05) is 12.1 Å². The molecule has 0 unspecified atom stereocenters. The lowest BCUT2D eigenvalue weighted by Crippen LogP contribution is -2.29. The number of hydrogen-bond acceptors (Lipinski definition) is 2. The van der Waals surface area contributed by atoms with E-state index in [2.05, 4.69) is 4.90 Å². The van der Waals surface area contributed by atoms with Gasteiger partial charge in [-0.3, -0.25) is 0 Å². The summed E-state index contributed by atoms with van der Waals surface area (Å²) in [4.78, 5) is 12.8. The van der Waals surface area contributed by atoms with Crippen molar-refractivity contribution < 1.29 is 9.18 Å². The molecule has 17 heavy (non-hydrogen) atoms. The second kappa shape index (κ2) is 5.62. The first-order valence-electron chi connectivity index (χ1n) is 5.91. The minimum atomic E-state index is -0.214. The van der Waals surface area contributed by atoms with Crippen LogP contribution in [-0.4, -0.2) is 24.3 Å². The molecule has 0 N–H and O–H groups in total. The average molecular weight is 233 g/mol. The molecule has 0 bridgehead atoms. The quantitative estimate of drug-likeness (QED) is 0.748. The largest absolute Gasteiger partial charge is 0.377 e. The summed E-state index contributed by atoms with van der Waals surface area (Å²) in [5.41, 5.74) is 0.990. The third-order valence-electron chi connectivity index (χ3n) is 3.11. The molecular weight excluding hydrogens is 217 g/mol. The second-order valence-corrected chi connectivity index (χ2v) is 4.38. The van der Waals surface area contributed by atoms with Crippen LogP contribution in [0.25, 0.3) is 6.08 Å². The highest BCUT2D eigenvalue weighted by atomic mass is 19.1. The Morgan fingerprint density at radius 3 is 2.41 bits per heavy atom. The molecule has 1 aromatic rings. The van der Waals surface area contributed by atoms with Crippen molar-refractivity contribution in [3.63, 3.8) is 0 Å². The van der Waals surface area contributed by atoms with Crippen molar-refractivity contribution in [2.75, 3.05) is 13.1 Å². The van der Waals surface area contributed by atoms with E-state index in [0.717, 1.165) is 37.8 Å². The third kappa shape index (κ3) is 3.41. The fraction of sp³-hybridized carbons (Fsp3) is 0.357. The van der Waals surface area contributed by atoms with Gasteiger partial charge >= 0.3 is 0 Å². The molecule has 0 amide bonds. The van der Waals surface area contributed by atoms with Crippen molar-refractivity contribution >= 4 is 12.4 Å². The Kier molecular flexibility index (Phi) is 3.91. The van der Waals surface area contributed by atoms with E-state index in [1.807, 2.05) is 12.3 Å². The minimum absolute atomic E-state index is 0.214. The molecular formula is C14H16FNO. The Hall–Kier alpha value is -1.64. The van der Waals surface area contributed by atoms with Gasteiger partial charge in [0.1, 0.15) is 12.1 Å². The molecule has 90 valence electrons. The maximum atomic E-state index is 12.7. The fourth-order valence-electron chi connectivity index (χ4n) is 1.97. The van der Waals surface area contributed by atoms with Gasteiger partial charge in [-0.15, -0.1) is 0 Å². The van der Waals surface area contributed by atoms with E-state index >= 15 is 0 Å². The summed E-state index contributed by atoms with van der Waals surface area (Å²) in [6.45, 7) is 1.84. The van der Waals surface area contributed by atoms with Crippen LogP contribution in [0.5, 0.6) is 0 Å². The molecule has 3 heteroatoms. The van der Waals surface area contributed by atoms with Crippen molar-refractivity contribution in [1.82, 2.24) is 4.90 Å². The maximum Gasteiger partial charge on any atom is 0.123 e. The first kappa shape index (κ1) is 11.8. The van der Waals surface area contributed by atoms with Crippen LogP contribution >= 0.6 is 0 Å². The lowest BCUT2D eigenvalue weighted by atomic mass is 9.99. The first-order valence-corrected chi connectivity index (χ1v) is 5.91. The monoisotopic (exact) mass is 233 g/mol. The molecule has 0 aliphatic carbocycles. The number of piperidine rings is 1. The maximum absolute atomic E-state index is 12.7. The van der Waals surface area contributed by atoms with Gasteiger partial charge in [-0.2, -0.15) is 0 Å². The molecule has 2 rings (SSSR count). The topological polar surface area (TPSA) is 20.3 Å². The standard InChI is InChI=1S/C14H16FNO/c15-14-3-1-12(2-4-14)5-8-16-9-6-13(11-17)7-10-16/h1-5,8,11,13H,6-7,9-10H2. The molecule has 0 aromatic heterocycles. The second-order valence-electron chi connectivity index (χ2n) is 4.38. The van der Waals surface area contributed by atoms with E-state index in [0.29, 0.717) is 0 Å². The smallest absolute Gasteiger partial charge is 0.123 e. The fourth-order valence-corrected chi connectivity index (χ4v) is 1.97. The molecule has 0 atom stereocenters. The molecule has 1 saturated heterocycles. The molecule has 1 aliphatic rings. The van der Waals surface area contributed by atoms with Crippen molar-refractivity contribution in [3.05, 3.63) is 41.8 Å². The number of likely N-dealkylation sites (tertiary alicyclic amines) is 1. The molecule has 1 aromatic carbocycles. The van der Waals surface area contributed by atoms with Crippen LogP contribution in [0.3, 0.4) is 0 Å². The first-order chi connectivity index (χ1) is 8.28. The zero-order valence-corrected chi connectivity index (χ0v) is 9.68. The highest BCUT2D eigenvalue weighted by molar-refractivity contribution is 5.53. The van der Waals surface area contributed by atoms with E-state index in [4.69, 9.17) is 0 Å². The summed E-state index contributed by atoms with van der Waals surface area (Å²) in [5.74, 6) is 0.0134. The van der Waals surface area contributed by atoms with Crippen LogP contribution in [0.4, 0.5) is 4.39 Å². The van der Waals surface area contributed by atoms with E-state index in [1.54, 1.807) is 12.1 Å². The van der Waals surface area contributed by atoms with Gasteiger partial charge in [-0.05, 0) is 42.8 Å². The molecule has 0 spiro atoms. The summed E-state index contributed by atoms with van der Waals surface area (Å²) in [7, 11) is 0. The molecule has 0 saturated carbocycles. The SMILES string of the molecule is O=CC1CCN(C=Cc2ccc(F)cc2)CC1. The van der Waals surface area contributed by atoms with E-state index < -0.39 is 0 Å². The van der Waals surface area contributed by atoms with Gasteiger partial charge < -0.3 is 9.69 Å². The number of benzene rings is 1. The number of carbonyl (C=O) groups excluding carboxylic acids is 1. The van der Waals surface area contributed by atoms with E-state index in [1.165, 1.54) is 12.1 Å². The number of carbonyl (C=O) groups is 1. The lowest BCUT2D eigenvalue weighted by molar-refractivity contribution is -0.112. The number of rotatable bonds is 3. The van der Waals surface area contributed by atoms with Crippen LogP contribution in [0.2, 0.25) is 0 Å². The van der Waals surface area contributed by atoms with Crippen LogP contribution in [0.1, 0.15) is 18.4 Å². The van der Waals surface area contributed by atoms with E-state index in [-0.39, 0.29) is 11.7 Å². The molecule has 1 aliphatic heterocycles. The predicted molar refractivity (Wildman–Crippen MR) is 65.8 cm³/mol. The van der Waals surface area contributed by atoms with Gasteiger partial charge in [0.15, 0.2) is 0 Å². The van der Waals surface area contributed by atoms with Crippen molar-refractivity contribution in [1.29, 1.82) is 0 Å². The van der Waals surface area contributed by atoms with Gasteiger partial charge in [0.25, 0.3) is 0 Å². The van der Waals surface area contributed by atoms with Gasteiger partial charge in [0.05, 0.1) is 0 Å². The highest BCUT2D eigenvalue weighted by Crippen LogP contribution is 2.15. The van der Waals surface area contributed by atoms with Gasteiger partial charge in [-0.25, -0.2) is 4.39 Å². The summed E-state index contributed by atoms with van der Waals surface area (Å²) in [6, 6.07) is 6.42. The Bertz CT molecular complexity index is 391. The van der Waals surface area contributed by atoms with Crippen LogP contribution < -0.4 is 0 Å². The number of aldehydes is 1. The molecule has 2 nitrogen and oxygen atoms in total. The Morgan fingerprint density at radius 1 is 1.18 bits per heavy atom. The average Bonchev–Trinajstić information content (AvgIpc) is 2.39. The minimum Gasteiger partial charge on any atom is -0.377 e. The van der Waals surface area contributed by atoms with Crippen LogP contribution in [0.15, 0.2) is 30.5 Å². The highest BCUT2D eigenvalue weighted by Gasteiger charge is 2.15. The van der Waals surface area contributed by atoms with Crippen LogP contribution in [-0.2, 0) is 4.79 Å². The Morgan fingerprint density at radius 2 is 1.82 bits per heavy atom. The predicted octanol–water partition coefficient (Wildman–Crippen LogP) is 2.71. The Labute approximate surface area is 101 Å². The van der Waals surface area contributed by atoms with Crippen molar-refractivity contribution in [2.24, 2.45) is 5.92 Å². The zero-order chi connectivity index (χ0) is 12.1. The molecule has 0 radical (unpaired) electrons. The van der Waals surface area contributed by atoms with Crippen LogP contribution in [0, 0.1) is 11.7 Å². The molecule has 1 fully saturated rings. The normalized spacial score (nSPS) is 17.6. The zero-order valence-electron chi connectivity index (χ0n) is 9.68. The van der Waals surface area contributed by atoms with Gasteiger partial charge in [0.2, 0.25) is 0 Å². The Balaban J connectivity index is 1.89. The summed E-state index contributed by atoms with van der Waals surface area (Å²) in [5, 5.41) is 0. The summed E-state index contributed by atoms with van der Waals surface area (Å²) in [6.07, 6.45) is 6.91. The number of hydrogen-bond donors (Lipinski definition) is 0. The third-order valence-corrected chi connectivity index (χ3v) is 3.11. The number of halogens is 1. The summed E-state index contributed by atoms with van der Waals surface area (Å²) < 4.78 is 12.7. The van der Waals surface area contributed by atoms with E-state index in [9.17, 15) is 9.18 Å². The molecule has 1 heterocycles. The van der Waals surface area contributed by atoms with Gasteiger partial charge in [0, 0.05) is 19.0 Å². The summed E-state index contributed by atoms with van der Waals surface area (Å²) >= 11 is 0. The number of nitrogens with zero attached hydrogens (tertiary/aromatic N) is 1.